The third-order valence-electron chi connectivity index (χ3n) is 8.59. The lowest BCUT2D eigenvalue weighted by Gasteiger charge is -2.38. The second-order valence-electron chi connectivity index (χ2n) is 11.4. The van der Waals surface area contributed by atoms with Crippen molar-refractivity contribution < 1.29 is 19.1 Å². The van der Waals surface area contributed by atoms with Crippen molar-refractivity contribution in [3.63, 3.8) is 0 Å². The lowest BCUT2D eigenvalue weighted by atomic mass is 9.76. The fourth-order valence-corrected chi connectivity index (χ4v) is 6.55. The molecule has 214 valence electrons. The Morgan fingerprint density at radius 2 is 1.32 bits per heavy atom. The van der Waals surface area contributed by atoms with E-state index in [9.17, 15) is 14.4 Å². The summed E-state index contributed by atoms with van der Waals surface area (Å²) in [5.41, 5.74) is 2.67. The summed E-state index contributed by atoms with van der Waals surface area (Å²) in [4.78, 5) is 45.4. The van der Waals surface area contributed by atoms with E-state index in [4.69, 9.17) is 4.74 Å². The minimum absolute atomic E-state index is 0.0449. The van der Waals surface area contributed by atoms with Gasteiger partial charge in [-0.15, -0.1) is 0 Å². The lowest BCUT2D eigenvalue weighted by Crippen LogP contribution is -2.49. The highest BCUT2D eigenvalue weighted by molar-refractivity contribution is 5.89. The van der Waals surface area contributed by atoms with Crippen molar-refractivity contribution in [3.8, 4) is 0 Å². The highest BCUT2D eigenvalue weighted by atomic mass is 16.5. The Kier molecular flexibility index (Phi) is 8.27. The van der Waals surface area contributed by atoms with Gasteiger partial charge in [-0.2, -0.15) is 0 Å². The van der Waals surface area contributed by atoms with Crippen LogP contribution in [0.25, 0.3) is 0 Å². The Morgan fingerprint density at radius 3 is 1.76 bits per heavy atom. The zero-order chi connectivity index (χ0) is 29.1. The van der Waals surface area contributed by atoms with Crippen LogP contribution in [0.3, 0.4) is 0 Å². The Morgan fingerprint density at radius 1 is 0.829 bits per heavy atom. The zero-order valence-corrected chi connectivity index (χ0v) is 24.3. The third-order valence-corrected chi connectivity index (χ3v) is 8.59. The molecule has 7 nitrogen and oxygen atoms in total. The lowest BCUT2D eigenvalue weighted by molar-refractivity contribution is -0.155. The molecule has 2 amide bonds. The van der Waals surface area contributed by atoms with Gasteiger partial charge in [-0.3, -0.25) is 14.5 Å². The van der Waals surface area contributed by atoms with Crippen LogP contribution in [0, 0.1) is 11.8 Å². The average molecular weight is 554 g/mol. The third kappa shape index (κ3) is 5.26. The molecule has 0 N–H and O–H groups in total. The first-order valence-electron chi connectivity index (χ1n) is 14.4. The number of likely N-dealkylation sites (N-methyl/N-ethyl adjacent to an activating group) is 1. The van der Waals surface area contributed by atoms with Crippen LogP contribution in [0.2, 0.25) is 0 Å². The van der Waals surface area contributed by atoms with Crippen molar-refractivity contribution in [2.75, 3.05) is 33.8 Å². The predicted molar refractivity (Wildman–Crippen MR) is 158 cm³/mol. The number of rotatable bonds is 9. The number of hydrogen-bond donors (Lipinski definition) is 0. The van der Waals surface area contributed by atoms with Crippen LogP contribution in [0.1, 0.15) is 37.0 Å². The number of hydrogen-bond acceptors (Lipinski definition) is 5. The van der Waals surface area contributed by atoms with Crippen LogP contribution >= 0.6 is 0 Å². The molecule has 0 saturated carbocycles. The van der Waals surface area contributed by atoms with Crippen LogP contribution in [0.4, 0.5) is 0 Å². The molecule has 2 aliphatic rings. The maximum atomic E-state index is 14.0. The highest BCUT2D eigenvalue weighted by Crippen LogP contribution is 2.48. The first-order valence-corrected chi connectivity index (χ1v) is 14.4. The summed E-state index contributed by atoms with van der Waals surface area (Å²) in [6.07, 6.45) is 0.578. The van der Waals surface area contributed by atoms with E-state index in [1.165, 1.54) is 12.0 Å². The molecule has 7 heteroatoms. The number of ether oxygens (including phenoxy) is 1. The molecule has 0 spiro atoms. The number of benzene rings is 3. The van der Waals surface area contributed by atoms with Gasteiger partial charge in [0.25, 0.3) is 0 Å². The number of carbonyl (C=O) groups excluding carboxylic acids is 3. The number of amides is 2. The summed E-state index contributed by atoms with van der Waals surface area (Å²) in [5.74, 6) is -0.927. The summed E-state index contributed by atoms with van der Waals surface area (Å²) in [6.45, 7) is 5.29. The van der Waals surface area contributed by atoms with E-state index >= 15 is 0 Å². The summed E-state index contributed by atoms with van der Waals surface area (Å²) in [7, 11) is 3.00. The van der Waals surface area contributed by atoms with Crippen LogP contribution in [0.15, 0.2) is 91.0 Å². The maximum Gasteiger partial charge on any atom is 0.328 e. The van der Waals surface area contributed by atoms with Crippen molar-refractivity contribution >= 4 is 17.8 Å². The molecule has 2 fully saturated rings. The van der Waals surface area contributed by atoms with Gasteiger partial charge in [0.1, 0.15) is 12.1 Å². The van der Waals surface area contributed by atoms with E-state index in [1.54, 1.807) is 7.05 Å². The molecule has 5 rings (SSSR count). The molecule has 2 unspecified atom stereocenters. The first kappa shape index (κ1) is 28.6. The topological polar surface area (TPSA) is 69.9 Å². The van der Waals surface area contributed by atoms with Crippen molar-refractivity contribution in [2.45, 2.75) is 37.9 Å². The molecule has 0 bridgehead atoms. The molecule has 2 saturated heterocycles. The van der Waals surface area contributed by atoms with Gasteiger partial charge in [0.15, 0.2) is 0 Å². The van der Waals surface area contributed by atoms with E-state index in [-0.39, 0.29) is 29.7 Å². The van der Waals surface area contributed by atoms with Crippen molar-refractivity contribution in [2.24, 2.45) is 11.8 Å². The normalized spacial score (nSPS) is 20.9. The van der Waals surface area contributed by atoms with Crippen molar-refractivity contribution in [3.05, 3.63) is 108 Å². The minimum atomic E-state index is -0.653. The largest absolute Gasteiger partial charge is 0.467 e. The van der Waals surface area contributed by atoms with Gasteiger partial charge in [-0.1, -0.05) is 105 Å². The van der Waals surface area contributed by atoms with Gasteiger partial charge in [0, 0.05) is 26.7 Å². The van der Waals surface area contributed by atoms with Gasteiger partial charge < -0.3 is 14.5 Å². The number of carbonyl (C=O) groups is 3. The summed E-state index contributed by atoms with van der Waals surface area (Å²) in [5, 5.41) is 0. The number of nitrogens with zero attached hydrogens (tertiary/aromatic N) is 3. The van der Waals surface area contributed by atoms with Gasteiger partial charge >= 0.3 is 5.97 Å². The van der Waals surface area contributed by atoms with Gasteiger partial charge in [-0.05, 0) is 29.0 Å². The Labute approximate surface area is 242 Å². The highest BCUT2D eigenvalue weighted by Gasteiger charge is 2.57. The Hall–Kier alpha value is -3.97. The molecule has 2 aliphatic heterocycles. The molecule has 3 aromatic rings. The maximum absolute atomic E-state index is 14.0. The first-order chi connectivity index (χ1) is 19.8. The van der Waals surface area contributed by atoms with Crippen LogP contribution in [0.5, 0.6) is 0 Å². The molecular weight excluding hydrogens is 514 g/mol. The van der Waals surface area contributed by atoms with Crippen molar-refractivity contribution in [1.29, 1.82) is 0 Å². The van der Waals surface area contributed by atoms with E-state index in [0.717, 1.165) is 16.7 Å². The second-order valence-corrected chi connectivity index (χ2v) is 11.4. The second kappa shape index (κ2) is 11.9. The van der Waals surface area contributed by atoms with E-state index in [1.807, 2.05) is 73.3 Å². The van der Waals surface area contributed by atoms with E-state index < -0.39 is 17.6 Å². The monoisotopic (exact) mass is 553 g/mol. The molecule has 0 aromatic heterocycles. The average Bonchev–Trinajstić information content (AvgIpc) is 3.64. The van der Waals surface area contributed by atoms with Gasteiger partial charge in [0.05, 0.1) is 18.6 Å². The molecule has 3 aromatic carbocycles. The van der Waals surface area contributed by atoms with E-state index in [0.29, 0.717) is 26.1 Å². The quantitative estimate of drug-likeness (QED) is 0.226. The van der Waals surface area contributed by atoms with Crippen LogP contribution in [-0.4, -0.2) is 78.4 Å². The number of likely N-dealkylation sites (tertiary alicyclic amines) is 1. The summed E-state index contributed by atoms with van der Waals surface area (Å²) in [6, 6.07) is 30.1. The van der Waals surface area contributed by atoms with Gasteiger partial charge in [0.2, 0.25) is 11.8 Å². The fraction of sp³-hybridized carbons (Fsp3) is 0.382. The van der Waals surface area contributed by atoms with E-state index in [2.05, 4.69) is 41.3 Å². The number of esters is 1. The molecule has 4 atom stereocenters. The molecule has 0 aliphatic carbocycles. The van der Waals surface area contributed by atoms with Crippen molar-refractivity contribution in [1.82, 2.24) is 14.7 Å². The molecular formula is C34H39N3O4. The fourth-order valence-electron chi connectivity index (χ4n) is 6.55. The predicted octanol–water partition coefficient (Wildman–Crippen LogP) is 4.17. The van der Waals surface area contributed by atoms with Crippen LogP contribution in [-0.2, 0) is 24.7 Å². The van der Waals surface area contributed by atoms with Gasteiger partial charge in [-0.25, -0.2) is 4.79 Å². The summed E-state index contributed by atoms with van der Waals surface area (Å²) >= 11 is 0. The SMILES string of the molecule is COC(=O)[C@H](C(C)C)N(C)C(=O)[C@H]1CCN(C(=O)C2CN2C(c2ccccc2)(c2ccccc2)c2ccccc2)C1. The Bertz CT molecular complexity index is 1270. The molecule has 2 heterocycles. The standard InChI is InChI=1S/C34H39N3O4/c1-24(2)30(33(40)41-4)35(3)31(38)25-20-21-36(22-25)32(39)29-23-37(29)34(26-14-8-5-9-15-26,27-16-10-6-11-17-27)28-18-12-7-13-19-28/h5-19,24-25,29-30H,20-23H2,1-4H3/t25-,29?,30-,37?/m0/s1. The smallest absolute Gasteiger partial charge is 0.328 e. The Balaban J connectivity index is 1.40. The minimum Gasteiger partial charge on any atom is -0.467 e. The number of methoxy groups -OCH3 is 1. The summed E-state index contributed by atoms with van der Waals surface area (Å²) < 4.78 is 4.96. The molecule has 41 heavy (non-hydrogen) atoms. The molecule has 0 radical (unpaired) electrons. The van der Waals surface area contributed by atoms with Crippen LogP contribution < -0.4 is 0 Å². The zero-order valence-electron chi connectivity index (χ0n) is 24.3.